The van der Waals surface area contributed by atoms with Crippen LogP contribution in [0.4, 0.5) is 5.69 Å². The van der Waals surface area contributed by atoms with Gasteiger partial charge in [0.25, 0.3) is 11.8 Å². The van der Waals surface area contributed by atoms with Gasteiger partial charge in [-0.05, 0) is 37.1 Å². The number of benzene rings is 1. The summed E-state index contributed by atoms with van der Waals surface area (Å²) < 4.78 is 12.1. The summed E-state index contributed by atoms with van der Waals surface area (Å²) in [5, 5.41) is 5.71. The number of aromatic nitrogens is 2. The molecule has 3 aromatic rings. The first-order valence-corrected chi connectivity index (χ1v) is 8.92. The molecule has 0 saturated heterocycles. The number of nitrogens with one attached hydrogen (secondary N) is 2. The zero-order valence-electron chi connectivity index (χ0n) is 15.6. The molecule has 1 fully saturated rings. The zero-order chi connectivity index (χ0) is 19.7. The molecule has 144 valence electrons. The molecule has 1 aliphatic carbocycles. The van der Waals surface area contributed by atoms with E-state index in [0.29, 0.717) is 22.7 Å². The summed E-state index contributed by atoms with van der Waals surface area (Å²) in [6.07, 6.45) is 3.66. The van der Waals surface area contributed by atoms with Crippen LogP contribution in [0.2, 0.25) is 0 Å². The number of ether oxygens (including phenoxy) is 2. The molecule has 1 aromatic carbocycles. The van der Waals surface area contributed by atoms with Crippen LogP contribution >= 0.6 is 0 Å². The minimum atomic E-state index is -0.432. The van der Waals surface area contributed by atoms with Crippen LogP contribution in [0, 0.1) is 0 Å². The standard InChI is InChI=1S/C20H20N4O4/c1-27-15-9-8-13(11-16(15)28-2)22-20(26)18-23-17(19(25)21-12-6-7-12)14-5-3-4-10-24(14)18/h3-5,8-12H,6-7H2,1-2H3,(H,21,25)(H,22,26). The highest BCUT2D eigenvalue weighted by Crippen LogP contribution is 2.30. The van der Waals surface area contributed by atoms with Gasteiger partial charge in [0.05, 0.1) is 19.7 Å². The van der Waals surface area contributed by atoms with Crippen molar-refractivity contribution in [2.45, 2.75) is 18.9 Å². The second-order valence-electron chi connectivity index (χ2n) is 6.51. The van der Waals surface area contributed by atoms with Crippen LogP contribution in [0.1, 0.15) is 33.9 Å². The Morgan fingerprint density at radius 2 is 1.86 bits per heavy atom. The molecular formula is C20H20N4O4. The van der Waals surface area contributed by atoms with Gasteiger partial charge in [0.1, 0.15) is 0 Å². The van der Waals surface area contributed by atoms with E-state index in [1.54, 1.807) is 54.1 Å². The Hall–Kier alpha value is -3.55. The number of pyridine rings is 1. The monoisotopic (exact) mass is 380 g/mol. The molecule has 8 heteroatoms. The lowest BCUT2D eigenvalue weighted by molar-refractivity contribution is 0.0948. The molecule has 2 heterocycles. The second-order valence-corrected chi connectivity index (χ2v) is 6.51. The maximum atomic E-state index is 12.9. The van der Waals surface area contributed by atoms with Crippen LogP contribution in [0.25, 0.3) is 5.52 Å². The van der Waals surface area contributed by atoms with Gasteiger partial charge in [-0.25, -0.2) is 4.98 Å². The van der Waals surface area contributed by atoms with E-state index in [0.717, 1.165) is 12.8 Å². The normalized spacial score (nSPS) is 13.2. The molecule has 28 heavy (non-hydrogen) atoms. The first-order chi connectivity index (χ1) is 13.6. The van der Waals surface area contributed by atoms with Gasteiger partial charge < -0.3 is 20.1 Å². The zero-order valence-corrected chi connectivity index (χ0v) is 15.6. The van der Waals surface area contributed by atoms with Gasteiger partial charge in [0.15, 0.2) is 17.2 Å². The number of carbonyl (C=O) groups excluding carboxylic acids is 2. The minimum Gasteiger partial charge on any atom is -0.493 e. The van der Waals surface area contributed by atoms with Crippen molar-refractivity contribution in [1.82, 2.24) is 14.7 Å². The highest BCUT2D eigenvalue weighted by Gasteiger charge is 2.27. The summed E-state index contributed by atoms with van der Waals surface area (Å²) in [6.45, 7) is 0. The van der Waals surface area contributed by atoms with Crippen LogP contribution in [0.5, 0.6) is 11.5 Å². The van der Waals surface area contributed by atoms with E-state index >= 15 is 0 Å². The number of hydrogen-bond acceptors (Lipinski definition) is 5. The number of rotatable bonds is 6. The van der Waals surface area contributed by atoms with Crippen LogP contribution in [0.3, 0.4) is 0 Å². The molecule has 2 aromatic heterocycles. The number of amides is 2. The molecule has 2 amide bonds. The fraction of sp³-hybridized carbons (Fsp3) is 0.250. The maximum Gasteiger partial charge on any atom is 0.292 e. The third-order valence-electron chi connectivity index (χ3n) is 4.52. The Bertz CT molecular complexity index is 1060. The van der Waals surface area contributed by atoms with Gasteiger partial charge in [-0.3, -0.25) is 14.0 Å². The molecule has 0 spiro atoms. The molecule has 0 aliphatic heterocycles. The topological polar surface area (TPSA) is 94.0 Å². The quantitative estimate of drug-likeness (QED) is 0.685. The van der Waals surface area contributed by atoms with Crippen LogP contribution in [-0.4, -0.2) is 41.5 Å². The van der Waals surface area contributed by atoms with Crippen molar-refractivity contribution < 1.29 is 19.1 Å². The fourth-order valence-corrected chi connectivity index (χ4v) is 2.95. The lowest BCUT2D eigenvalue weighted by Gasteiger charge is -2.10. The Labute approximate surface area is 161 Å². The van der Waals surface area contributed by atoms with E-state index in [4.69, 9.17) is 9.47 Å². The molecule has 0 bridgehead atoms. The van der Waals surface area contributed by atoms with Gasteiger partial charge in [0.2, 0.25) is 5.82 Å². The average molecular weight is 380 g/mol. The van der Waals surface area contributed by atoms with Gasteiger partial charge in [0, 0.05) is 24.0 Å². The van der Waals surface area contributed by atoms with Crippen LogP contribution in [0.15, 0.2) is 42.6 Å². The SMILES string of the molecule is COc1ccc(NC(=O)c2nc(C(=O)NC3CC3)c3ccccn23)cc1OC. The third-order valence-corrected chi connectivity index (χ3v) is 4.52. The number of anilines is 1. The highest BCUT2D eigenvalue weighted by molar-refractivity contribution is 6.06. The van der Waals surface area contributed by atoms with Crippen molar-refractivity contribution in [2.24, 2.45) is 0 Å². The lowest BCUT2D eigenvalue weighted by atomic mass is 10.2. The third kappa shape index (κ3) is 3.36. The van der Waals surface area contributed by atoms with E-state index in [1.807, 2.05) is 0 Å². The van der Waals surface area contributed by atoms with Gasteiger partial charge in [-0.15, -0.1) is 0 Å². The Morgan fingerprint density at radius 1 is 1.07 bits per heavy atom. The van der Waals surface area contributed by atoms with Crippen molar-refractivity contribution in [1.29, 1.82) is 0 Å². The second kappa shape index (κ2) is 7.22. The predicted molar refractivity (Wildman–Crippen MR) is 103 cm³/mol. The molecule has 0 radical (unpaired) electrons. The first-order valence-electron chi connectivity index (χ1n) is 8.92. The average Bonchev–Trinajstić information content (AvgIpc) is 3.44. The first kappa shape index (κ1) is 17.8. The van der Waals surface area contributed by atoms with E-state index in [9.17, 15) is 9.59 Å². The molecule has 0 unspecified atom stereocenters. The Balaban J connectivity index is 1.65. The van der Waals surface area contributed by atoms with E-state index in [2.05, 4.69) is 15.6 Å². The molecule has 1 saturated carbocycles. The fourth-order valence-electron chi connectivity index (χ4n) is 2.95. The van der Waals surface area contributed by atoms with Gasteiger partial charge in [-0.2, -0.15) is 0 Å². The largest absolute Gasteiger partial charge is 0.493 e. The molecule has 1 aliphatic rings. The Morgan fingerprint density at radius 3 is 2.57 bits per heavy atom. The van der Waals surface area contributed by atoms with E-state index in [1.165, 1.54) is 7.11 Å². The van der Waals surface area contributed by atoms with Crippen molar-refractivity contribution >= 4 is 23.0 Å². The minimum absolute atomic E-state index is 0.131. The number of nitrogens with zero attached hydrogens (tertiary/aromatic N) is 2. The van der Waals surface area contributed by atoms with Gasteiger partial charge in [-0.1, -0.05) is 6.07 Å². The van der Waals surface area contributed by atoms with E-state index in [-0.39, 0.29) is 23.5 Å². The summed E-state index contributed by atoms with van der Waals surface area (Å²) in [6, 6.07) is 10.6. The van der Waals surface area contributed by atoms with Crippen LogP contribution < -0.4 is 20.1 Å². The van der Waals surface area contributed by atoms with Crippen molar-refractivity contribution in [2.75, 3.05) is 19.5 Å². The van der Waals surface area contributed by atoms with E-state index < -0.39 is 5.91 Å². The van der Waals surface area contributed by atoms with Crippen molar-refractivity contribution in [3.63, 3.8) is 0 Å². The smallest absolute Gasteiger partial charge is 0.292 e. The van der Waals surface area contributed by atoms with Crippen molar-refractivity contribution in [3.05, 3.63) is 54.1 Å². The van der Waals surface area contributed by atoms with Gasteiger partial charge >= 0.3 is 0 Å². The number of hydrogen-bond donors (Lipinski definition) is 2. The Kier molecular flexibility index (Phi) is 4.60. The summed E-state index contributed by atoms with van der Waals surface area (Å²) in [4.78, 5) is 29.7. The van der Waals surface area contributed by atoms with Crippen molar-refractivity contribution in [3.8, 4) is 11.5 Å². The number of methoxy groups -OCH3 is 2. The molecule has 4 rings (SSSR count). The number of carbonyl (C=O) groups is 2. The molecule has 2 N–H and O–H groups in total. The lowest BCUT2D eigenvalue weighted by Crippen LogP contribution is -2.26. The molecule has 0 atom stereocenters. The summed E-state index contributed by atoms with van der Waals surface area (Å²) >= 11 is 0. The summed E-state index contributed by atoms with van der Waals surface area (Å²) in [5.41, 5.74) is 1.35. The number of fused-ring (bicyclic) bond motifs is 1. The number of imidazole rings is 1. The predicted octanol–water partition coefficient (Wildman–Crippen LogP) is 2.50. The summed E-state index contributed by atoms with van der Waals surface area (Å²) in [5.74, 6) is 0.491. The molecule has 8 nitrogen and oxygen atoms in total. The maximum absolute atomic E-state index is 12.9. The highest BCUT2D eigenvalue weighted by atomic mass is 16.5. The molecular weight excluding hydrogens is 360 g/mol. The summed E-state index contributed by atoms with van der Waals surface area (Å²) in [7, 11) is 3.07. The van der Waals surface area contributed by atoms with Crippen LogP contribution in [-0.2, 0) is 0 Å².